The fourth-order valence-corrected chi connectivity index (χ4v) is 1.16. The average Bonchev–Trinajstić information content (AvgIpc) is 2.41. The molecule has 1 unspecified atom stereocenters. The minimum atomic E-state index is -0.730. The fourth-order valence-electron chi connectivity index (χ4n) is 1.16. The maximum Gasteiger partial charge on any atom is 0.122 e. The van der Waals surface area contributed by atoms with Crippen molar-refractivity contribution in [1.82, 2.24) is 0 Å². The van der Waals surface area contributed by atoms with Gasteiger partial charge in [-0.15, -0.1) is 0 Å². The third kappa shape index (κ3) is 8.69. The largest absolute Gasteiger partial charge is 0.491 e. The van der Waals surface area contributed by atoms with Crippen molar-refractivity contribution in [3.63, 3.8) is 0 Å². The molecule has 0 rings (SSSR count). The Hall–Kier alpha value is -2.00. The summed E-state index contributed by atoms with van der Waals surface area (Å²) < 4.78 is 10.7. The van der Waals surface area contributed by atoms with E-state index in [9.17, 15) is 5.11 Å². The molecule has 1 atom stereocenters. The molecule has 1 N–H and O–H groups in total. The smallest absolute Gasteiger partial charge is 0.122 e. The summed E-state index contributed by atoms with van der Waals surface area (Å²) in [6.07, 6.45) is 11.1. The molecule has 0 saturated heterocycles. The monoisotopic (exact) mass is 262 g/mol. The van der Waals surface area contributed by atoms with Crippen LogP contribution in [0.15, 0.2) is 73.8 Å². The third-order valence-corrected chi connectivity index (χ3v) is 1.98. The molecule has 0 radical (unpaired) electrons. The van der Waals surface area contributed by atoms with Gasteiger partial charge in [-0.1, -0.05) is 38.0 Å². The minimum Gasteiger partial charge on any atom is -0.491 e. The van der Waals surface area contributed by atoms with Crippen molar-refractivity contribution in [3.05, 3.63) is 73.8 Å². The molecular formula is C16H22O3. The maximum atomic E-state index is 9.73. The Balaban J connectivity index is 4.17. The van der Waals surface area contributed by atoms with Crippen LogP contribution in [0.2, 0.25) is 0 Å². The summed E-state index contributed by atoms with van der Waals surface area (Å²) in [4.78, 5) is 0. The first-order valence-electron chi connectivity index (χ1n) is 6.02. The average molecular weight is 262 g/mol. The van der Waals surface area contributed by atoms with Gasteiger partial charge in [0.2, 0.25) is 0 Å². The summed E-state index contributed by atoms with van der Waals surface area (Å²) in [5, 5.41) is 9.73. The predicted molar refractivity (Wildman–Crippen MR) is 79.5 cm³/mol. The molecule has 104 valence electrons. The number of hydrogen-bond acceptors (Lipinski definition) is 3. The molecule has 3 nitrogen and oxygen atoms in total. The van der Waals surface area contributed by atoms with Gasteiger partial charge in [-0.25, -0.2) is 0 Å². The first-order valence-corrected chi connectivity index (χ1v) is 6.02. The van der Waals surface area contributed by atoms with E-state index in [0.29, 0.717) is 11.5 Å². The van der Waals surface area contributed by atoms with Crippen molar-refractivity contribution in [2.45, 2.75) is 13.0 Å². The highest BCUT2D eigenvalue weighted by Gasteiger charge is 2.06. The van der Waals surface area contributed by atoms with Crippen LogP contribution in [0.5, 0.6) is 0 Å². The van der Waals surface area contributed by atoms with Crippen LogP contribution in [-0.2, 0) is 9.47 Å². The lowest BCUT2D eigenvalue weighted by Gasteiger charge is -2.14. The van der Waals surface area contributed by atoms with Gasteiger partial charge >= 0.3 is 0 Å². The third-order valence-electron chi connectivity index (χ3n) is 1.98. The van der Waals surface area contributed by atoms with Crippen molar-refractivity contribution in [2.24, 2.45) is 0 Å². The molecule has 19 heavy (non-hydrogen) atoms. The Morgan fingerprint density at radius 2 is 1.58 bits per heavy atom. The first kappa shape index (κ1) is 17.0. The van der Waals surface area contributed by atoms with E-state index in [1.54, 1.807) is 36.5 Å². The second kappa shape index (κ2) is 11.1. The molecule has 0 fully saturated rings. The Labute approximate surface area is 115 Å². The lowest BCUT2D eigenvalue weighted by Crippen LogP contribution is -2.21. The summed E-state index contributed by atoms with van der Waals surface area (Å²) in [6, 6.07) is 0. The predicted octanol–water partition coefficient (Wildman–Crippen LogP) is 3.28. The number of rotatable bonds is 10. The van der Waals surface area contributed by atoms with Crippen LogP contribution < -0.4 is 0 Å². The summed E-state index contributed by atoms with van der Waals surface area (Å²) in [5.74, 6) is 1.20. The molecule has 3 heteroatoms. The van der Waals surface area contributed by atoms with Crippen LogP contribution in [0.3, 0.4) is 0 Å². The van der Waals surface area contributed by atoms with Gasteiger partial charge in [0.1, 0.15) is 30.8 Å². The zero-order valence-electron chi connectivity index (χ0n) is 11.4. The normalized spacial score (nSPS) is 14.0. The van der Waals surface area contributed by atoms with Crippen LogP contribution in [-0.4, -0.2) is 24.4 Å². The molecule has 0 aromatic rings. The van der Waals surface area contributed by atoms with E-state index < -0.39 is 6.10 Å². The van der Waals surface area contributed by atoms with Gasteiger partial charge in [0.15, 0.2) is 0 Å². The fraction of sp³-hybridized carbons (Fsp3) is 0.250. The van der Waals surface area contributed by atoms with Gasteiger partial charge in [0.05, 0.1) is 0 Å². The topological polar surface area (TPSA) is 38.7 Å². The molecule has 0 saturated carbocycles. The highest BCUT2D eigenvalue weighted by molar-refractivity contribution is 5.16. The van der Waals surface area contributed by atoms with Crippen molar-refractivity contribution in [1.29, 1.82) is 0 Å². The number of ether oxygens (including phenoxy) is 2. The minimum absolute atomic E-state index is 0.128. The molecule has 0 aliphatic heterocycles. The SMILES string of the molecule is C=C/C=C(\C=C)OCC(O)COC(/C=C\C)=C/C=C. The summed E-state index contributed by atoms with van der Waals surface area (Å²) >= 11 is 0. The zero-order chi connectivity index (χ0) is 14.5. The van der Waals surface area contributed by atoms with Crippen LogP contribution in [0, 0.1) is 0 Å². The van der Waals surface area contributed by atoms with Crippen molar-refractivity contribution in [3.8, 4) is 0 Å². The molecule has 0 spiro atoms. The number of hydrogen-bond donors (Lipinski definition) is 1. The molecule has 0 amide bonds. The van der Waals surface area contributed by atoms with Gasteiger partial charge in [0, 0.05) is 0 Å². The highest BCUT2D eigenvalue weighted by Crippen LogP contribution is 2.04. The standard InChI is InChI=1S/C16H22O3/c1-5-9-15(8-4)18-12-14(17)13-19-16(10-6-2)11-7-3/h5-11,14,17H,1-2,4,12-13H2,3H3/b11-7-,15-9+,16-10+. The molecule has 0 aromatic heterocycles. The van der Waals surface area contributed by atoms with Crippen LogP contribution in [0.4, 0.5) is 0 Å². The molecule has 0 aliphatic rings. The zero-order valence-corrected chi connectivity index (χ0v) is 11.4. The van der Waals surface area contributed by atoms with Crippen LogP contribution >= 0.6 is 0 Å². The Morgan fingerprint density at radius 3 is 2.05 bits per heavy atom. The summed E-state index contributed by atoms with van der Waals surface area (Å²) in [5.41, 5.74) is 0. The number of allylic oxidation sites excluding steroid dienone is 7. The molecule has 0 heterocycles. The Kier molecular flexibility index (Phi) is 9.94. The van der Waals surface area contributed by atoms with E-state index in [1.165, 1.54) is 0 Å². The lowest BCUT2D eigenvalue weighted by atomic mass is 10.3. The van der Waals surface area contributed by atoms with E-state index >= 15 is 0 Å². The van der Waals surface area contributed by atoms with Crippen molar-refractivity contribution < 1.29 is 14.6 Å². The molecule has 0 aliphatic carbocycles. The quantitative estimate of drug-likeness (QED) is 0.485. The van der Waals surface area contributed by atoms with E-state index in [1.807, 2.05) is 13.0 Å². The highest BCUT2D eigenvalue weighted by atomic mass is 16.5. The van der Waals surface area contributed by atoms with Crippen LogP contribution in [0.25, 0.3) is 0 Å². The molecule has 0 bridgehead atoms. The van der Waals surface area contributed by atoms with E-state index in [-0.39, 0.29) is 13.2 Å². The number of aliphatic hydroxyl groups is 1. The van der Waals surface area contributed by atoms with Gasteiger partial charge < -0.3 is 14.6 Å². The lowest BCUT2D eigenvalue weighted by molar-refractivity contribution is 0.0226. The van der Waals surface area contributed by atoms with Crippen LogP contribution in [0.1, 0.15) is 6.92 Å². The van der Waals surface area contributed by atoms with Gasteiger partial charge in [-0.2, -0.15) is 0 Å². The van der Waals surface area contributed by atoms with E-state index in [2.05, 4.69) is 19.7 Å². The Morgan fingerprint density at radius 1 is 1.05 bits per heavy atom. The summed E-state index contributed by atoms with van der Waals surface area (Å²) in [7, 11) is 0. The van der Waals surface area contributed by atoms with Gasteiger partial charge in [-0.3, -0.25) is 0 Å². The molecular weight excluding hydrogens is 240 g/mol. The van der Waals surface area contributed by atoms with E-state index in [0.717, 1.165) is 0 Å². The Bertz CT molecular complexity index is 375. The van der Waals surface area contributed by atoms with Gasteiger partial charge in [-0.05, 0) is 31.2 Å². The van der Waals surface area contributed by atoms with E-state index in [4.69, 9.17) is 9.47 Å². The van der Waals surface area contributed by atoms with Gasteiger partial charge in [0.25, 0.3) is 0 Å². The first-order chi connectivity index (χ1) is 9.17. The summed E-state index contributed by atoms with van der Waals surface area (Å²) in [6.45, 7) is 12.9. The molecule has 0 aromatic carbocycles. The number of aliphatic hydroxyl groups excluding tert-OH is 1. The van der Waals surface area contributed by atoms with Crippen molar-refractivity contribution >= 4 is 0 Å². The second-order valence-electron chi connectivity index (χ2n) is 3.59. The second-order valence-corrected chi connectivity index (χ2v) is 3.59. The van der Waals surface area contributed by atoms with Crippen molar-refractivity contribution in [2.75, 3.05) is 13.2 Å². The maximum absolute atomic E-state index is 9.73.